The van der Waals surface area contributed by atoms with Crippen LogP contribution in [0.5, 0.6) is 0 Å². The summed E-state index contributed by atoms with van der Waals surface area (Å²) in [5, 5.41) is 4.87. The Bertz CT molecular complexity index is 4390. The topological polar surface area (TPSA) is 16.3 Å². The lowest BCUT2D eigenvalue weighted by atomic mass is 10.0. The summed E-state index contributed by atoms with van der Waals surface area (Å²) >= 11 is 0. The summed E-state index contributed by atoms with van der Waals surface area (Å²) in [7, 11) is 0. The monoisotopic (exact) mass is 984 g/mol. The van der Waals surface area contributed by atoms with E-state index in [2.05, 4.69) is 323 Å². The lowest BCUT2D eigenvalue weighted by Crippen LogP contribution is -2.10. The summed E-state index contributed by atoms with van der Waals surface area (Å²) in [5.74, 6) is 0. The third-order valence-electron chi connectivity index (χ3n) is 15.2. The molecule has 0 atom stereocenters. The Kier molecular flexibility index (Phi) is 11.4. The Hall–Kier alpha value is -10.2. The molecule has 0 amide bonds. The molecule has 0 N–H and O–H groups in total. The second-order valence-electron chi connectivity index (χ2n) is 19.9. The average Bonchev–Trinajstić information content (AvgIpc) is 4.09. The number of benzene rings is 12. The van der Waals surface area contributed by atoms with E-state index < -0.39 is 0 Å². The van der Waals surface area contributed by atoms with Crippen molar-refractivity contribution in [2.75, 3.05) is 9.80 Å². The molecule has 0 aliphatic heterocycles. The fraction of sp³-hybridized carbons (Fsp3) is 0.0137. The summed E-state index contributed by atoms with van der Waals surface area (Å²) in [4.78, 5) is 4.77. The molecular weight excluding hydrogens is 933 g/mol. The molecule has 14 aromatic rings. The van der Waals surface area contributed by atoms with Gasteiger partial charge in [0, 0.05) is 67.0 Å². The summed E-state index contributed by atoms with van der Waals surface area (Å²) < 4.78 is 4.77. The van der Waals surface area contributed by atoms with E-state index in [4.69, 9.17) is 0 Å². The molecule has 4 heteroatoms. The van der Waals surface area contributed by atoms with Gasteiger partial charge >= 0.3 is 0 Å². The van der Waals surface area contributed by atoms with Crippen molar-refractivity contribution in [2.24, 2.45) is 0 Å². The fourth-order valence-corrected chi connectivity index (χ4v) is 11.4. The molecule has 364 valence electrons. The van der Waals surface area contributed by atoms with Crippen molar-refractivity contribution in [3.05, 3.63) is 303 Å². The van der Waals surface area contributed by atoms with E-state index in [1.165, 1.54) is 71.4 Å². The van der Waals surface area contributed by atoms with Crippen LogP contribution in [0.2, 0.25) is 0 Å². The van der Waals surface area contributed by atoms with Gasteiger partial charge in [-0.05, 0) is 167 Å². The van der Waals surface area contributed by atoms with Crippen LogP contribution >= 0.6 is 0 Å². The third kappa shape index (κ3) is 8.30. The van der Waals surface area contributed by atoms with Crippen LogP contribution in [0, 0.1) is 6.92 Å². The minimum Gasteiger partial charge on any atom is -0.310 e. The molecule has 12 aromatic carbocycles. The fourth-order valence-electron chi connectivity index (χ4n) is 11.4. The van der Waals surface area contributed by atoms with Crippen molar-refractivity contribution in [1.82, 2.24) is 9.13 Å². The van der Waals surface area contributed by atoms with E-state index in [-0.39, 0.29) is 0 Å². The van der Waals surface area contributed by atoms with Gasteiger partial charge < -0.3 is 18.9 Å². The van der Waals surface area contributed by atoms with Crippen LogP contribution in [0.3, 0.4) is 0 Å². The number of anilines is 6. The number of para-hydroxylation sites is 3. The van der Waals surface area contributed by atoms with Crippen LogP contribution in [0.1, 0.15) is 5.56 Å². The Labute approximate surface area is 448 Å². The Morgan fingerprint density at radius 2 is 0.532 bits per heavy atom. The molecule has 0 fully saturated rings. The van der Waals surface area contributed by atoms with E-state index in [0.717, 1.165) is 56.6 Å². The van der Waals surface area contributed by atoms with Gasteiger partial charge in [0.05, 0.1) is 22.1 Å². The summed E-state index contributed by atoms with van der Waals surface area (Å²) in [6, 6.07) is 108. The molecule has 0 saturated carbocycles. The molecule has 0 aliphatic carbocycles. The summed E-state index contributed by atoms with van der Waals surface area (Å²) in [5.41, 5.74) is 21.8. The predicted molar refractivity (Wildman–Crippen MR) is 326 cm³/mol. The third-order valence-corrected chi connectivity index (χ3v) is 15.2. The van der Waals surface area contributed by atoms with Gasteiger partial charge in [-0.1, -0.05) is 176 Å². The molecule has 0 saturated heterocycles. The van der Waals surface area contributed by atoms with Crippen LogP contribution in [0.4, 0.5) is 34.1 Å². The standard InChI is InChI=1S/C73H52N4/c1-51-26-45-67-69-50-65(44-47-72(69)77(73(67)48-51)59-22-12-5-13-23-59)75(61-37-29-55(30-38-61)53-18-8-3-9-19-53)63-41-33-57(34-42-63)56-31-39-62(40-32-56)74(60-35-27-54(28-36-60)52-16-6-2-7-17-52)64-43-46-71-68(49-64)66-24-14-15-25-70(66)76(71)58-20-10-4-11-21-58/h2-50H,1H3. The molecular formula is C73H52N4. The SMILES string of the molecule is Cc1ccc2c3cc(N(c4ccc(-c5ccccc5)cc4)c4ccc(-c5ccc(N(c6ccc(-c7ccccc7)cc6)c6ccc7c(c6)c6ccccc6n7-c6ccccc6)cc5)cc4)ccc3n(-c3ccccc3)c2c1. The number of rotatable bonds is 11. The molecule has 77 heavy (non-hydrogen) atoms. The van der Waals surface area contributed by atoms with Gasteiger partial charge in [0.2, 0.25) is 0 Å². The van der Waals surface area contributed by atoms with E-state index in [9.17, 15) is 0 Å². The van der Waals surface area contributed by atoms with Crippen LogP contribution < -0.4 is 9.80 Å². The zero-order valence-corrected chi connectivity index (χ0v) is 42.6. The molecule has 2 heterocycles. The number of hydrogen-bond acceptors (Lipinski definition) is 2. The zero-order valence-electron chi connectivity index (χ0n) is 42.6. The van der Waals surface area contributed by atoms with Crippen molar-refractivity contribution in [3.63, 3.8) is 0 Å². The van der Waals surface area contributed by atoms with Gasteiger partial charge in [0.15, 0.2) is 0 Å². The van der Waals surface area contributed by atoms with Crippen molar-refractivity contribution < 1.29 is 0 Å². The quantitative estimate of drug-likeness (QED) is 0.128. The molecule has 0 spiro atoms. The lowest BCUT2D eigenvalue weighted by Gasteiger charge is -2.27. The van der Waals surface area contributed by atoms with Gasteiger partial charge in [-0.25, -0.2) is 0 Å². The van der Waals surface area contributed by atoms with E-state index in [0.29, 0.717) is 0 Å². The van der Waals surface area contributed by atoms with E-state index >= 15 is 0 Å². The molecule has 2 aromatic heterocycles. The van der Waals surface area contributed by atoms with Gasteiger partial charge in [-0.3, -0.25) is 0 Å². The zero-order chi connectivity index (χ0) is 51.2. The normalized spacial score (nSPS) is 11.4. The Morgan fingerprint density at radius 3 is 0.948 bits per heavy atom. The molecule has 14 rings (SSSR count). The van der Waals surface area contributed by atoms with Crippen LogP contribution in [0.25, 0.3) is 88.4 Å². The highest BCUT2D eigenvalue weighted by atomic mass is 15.1. The molecule has 0 radical (unpaired) electrons. The maximum atomic E-state index is 2.39. The smallest absolute Gasteiger partial charge is 0.0543 e. The minimum atomic E-state index is 1.08. The first kappa shape index (κ1) is 45.5. The van der Waals surface area contributed by atoms with Crippen LogP contribution in [-0.2, 0) is 0 Å². The predicted octanol–water partition coefficient (Wildman–Crippen LogP) is 20.1. The Morgan fingerprint density at radius 1 is 0.221 bits per heavy atom. The van der Waals surface area contributed by atoms with Gasteiger partial charge in [0.25, 0.3) is 0 Å². The first-order chi connectivity index (χ1) is 38.1. The van der Waals surface area contributed by atoms with Gasteiger partial charge in [-0.15, -0.1) is 0 Å². The number of nitrogens with zero attached hydrogens (tertiary/aromatic N) is 4. The Balaban J connectivity index is 0.845. The maximum Gasteiger partial charge on any atom is 0.0543 e. The highest BCUT2D eigenvalue weighted by molar-refractivity contribution is 6.12. The highest BCUT2D eigenvalue weighted by Gasteiger charge is 2.21. The highest BCUT2D eigenvalue weighted by Crippen LogP contribution is 2.44. The number of fused-ring (bicyclic) bond motifs is 6. The van der Waals surface area contributed by atoms with Crippen molar-refractivity contribution in [2.45, 2.75) is 6.92 Å². The molecule has 0 unspecified atom stereocenters. The lowest BCUT2D eigenvalue weighted by molar-refractivity contribution is 1.18. The van der Waals surface area contributed by atoms with Crippen LogP contribution in [-0.4, -0.2) is 9.13 Å². The molecule has 0 aliphatic rings. The average molecular weight is 985 g/mol. The van der Waals surface area contributed by atoms with Crippen molar-refractivity contribution in [1.29, 1.82) is 0 Å². The van der Waals surface area contributed by atoms with E-state index in [1.54, 1.807) is 0 Å². The van der Waals surface area contributed by atoms with Crippen molar-refractivity contribution in [3.8, 4) is 44.8 Å². The maximum absolute atomic E-state index is 2.39. The minimum absolute atomic E-state index is 1.08. The number of hydrogen-bond donors (Lipinski definition) is 0. The molecule has 4 nitrogen and oxygen atoms in total. The first-order valence-electron chi connectivity index (χ1n) is 26.4. The second-order valence-corrected chi connectivity index (χ2v) is 19.9. The summed E-state index contributed by atoms with van der Waals surface area (Å²) in [6.07, 6.45) is 0. The van der Waals surface area contributed by atoms with Crippen LogP contribution in [0.15, 0.2) is 297 Å². The van der Waals surface area contributed by atoms with Gasteiger partial charge in [0.1, 0.15) is 0 Å². The molecule has 0 bridgehead atoms. The largest absolute Gasteiger partial charge is 0.310 e. The summed E-state index contributed by atoms with van der Waals surface area (Å²) in [6.45, 7) is 2.17. The number of aryl methyl sites for hydroxylation is 1. The van der Waals surface area contributed by atoms with Crippen molar-refractivity contribution >= 4 is 77.7 Å². The first-order valence-corrected chi connectivity index (χ1v) is 26.4. The van der Waals surface area contributed by atoms with E-state index in [1.807, 2.05) is 0 Å². The second kappa shape index (κ2) is 19.3. The van der Waals surface area contributed by atoms with Gasteiger partial charge in [-0.2, -0.15) is 0 Å². The number of aromatic nitrogens is 2.